The lowest BCUT2D eigenvalue weighted by Gasteiger charge is -2.15. The first kappa shape index (κ1) is 22.3. The first-order chi connectivity index (χ1) is 14.6. The van der Waals surface area contributed by atoms with E-state index in [2.05, 4.69) is 15.0 Å². The van der Waals surface area contributed by atoms with E-state index in [1.54, 1.807) is 18.2 Å². The fraction of sp³-hybridized carbons (Fsp3) is 0.200. The smallest absolute Gasteiger partial charge is 0.331 e. The molecule has 0 saturated heterocycles. The number of benzene rings is 2. The van der Waals surface area contributed by atoms with Gasteiger partial charge in [0.2, 0.25) is 0 Å². The number of sulfonamides is 1. The van der Waals surface area contributed by atoms with Gasteiger partial charge in [0.05, 0.1) is 15.5 Å². The van der Waals surface area contributed by atoms with Gasteiger partial charge in [0, 0.05) is 11.3 Å². The third-order valence-corrected chi connectivity index (χ3v) is 6.06. The lowest BCUT2D eigenvalue weighted by atomic mass is 10.2. The van der Waals surface area contributed by atoms with Crippen LogP contribution in [-0.4, -0.2) is 38.3 Å². The number of esters is 1. The predicted molar refractivity (Wildman–Crippen MR) is 113 cm³/mol. The fourth-order valence-corrected chi connectivity index (χ4v) is 4.19. The van der Waals surface area contributed by atoms with Crippen LogP contribution in [0.4, 0.5) is 5.69 Å². The van der Waals surface area contributed by atoms with Gasteiger partial charge >= 0.3 is 5.97 Å². The molecule has 0 fully saturated rings. The number of carbonyl (C=O) groups excluding carboxylic acids is 2. The van der Waals surface area contributed by atoms with Gasteiger partial charge in [0.25, 0.3) is 15.9 Å². The predicted octanol–water partition coefficient (Wildman–Crippen LogP) is 2.21. The molecule has 1 aliphatic rings. The largest absolute Gasteiger partial charge is 0.451 e. The van der Waals surface area contributed by atoms with E-state index in [1.165, 1.54) is 38.1 Å². The Morgan fingerprint density at radius 1 is 1.23 bits per heavy atom. The third-order valence-electron chi connectivity index (χ3n) is 4.35. The summed E-state index contributed by atoms with van der Waals surface area (Å²) in [4.78, 5) is 28.9. The van der Waals surface area contributed by atoms with Crippen molar-refractivity contribution in [3.63, 3.8) is 0 Å². The van der Waals surface area contributed by atoms with Crippen molar-refractivity contribution >= 4 is 45.0 Å². The number of nitrogens with one attached hydrogen (secondary N) is 2. The molecule has 1 heterocycles. The Morgan fingerprint density at radius 2 is 1.94 bits per heavy atom. The van der Waals surface area contributed by atoms with Gasteiger partial charge in [-0.25, -0.2) is 13.2 Å². The van der Waals surface area contributed by atoms with Crippen molar-refractivity contribution < 1.29 is 22.7 Å². The Hall–Kier alpha value is -3.42. The Bertz CT molecular complexity index is 1240. The highest BCUT2D eigenvalue weighted by atomic mass is 35.5. The number of anilines is 1. The van der Waals surface area contributed by atoms with Crippen molar-refractivity contribution in [1.82, 2.24) is 4.72 Å². The quantitative estimate of drug-likeness (QED) is 0.656. The molecule has 0 saturated carbocycles. The van der Waals surface area contributed by atoms with Gasteiger partial charge in [-0.15, -0.1) is 0 Å². The summed E-state index contributed by atoms with van der Waals surface area (Å²) in [5, 5.41) is 11.6. The number of halogens is 1. The molecule has 0 aromatic heterocycles. The minimum Gasteiger partial charge on any atom is -0.451 e. The summed E-state index contributed by atoms with van der Waals surface area (Å²) >= 11 is 5.93. The Balaban J connectivity index is 1.66. The lowest BCUT2D eigenvalue weighted by molar-refractivity contribution is -0.153. The highest BCUT2D eigenvalue weighted by molar-refractivity contribution is 7.90. The van der Waals surface area contributed by atoms with Crippen molar-refractivity contribution in [2.45, 2.75) is 30.9 Å². The van der Waals surface area contributed by atoms with E-state index in [0.717, 1.165) is 0 Å². The maximum atomic E-state index is 12.4. The zero-order valence-corrected chi connectivity index (χ0v) is 18.0. The van der Waals surface area contributed by atoms with E-state index >= 15 is 0 Å². The number of carbonyl (C=O) groups is 2. The summed E-state index contributed by atoms with van der Waals surface area (Å²) in [6.45, 7) is 2.81. The average Bonchev–Trinajstić information content (AvgIpc) is 2.98. The number of nitriles is 1. The van der Waals surface area contributed by atoms with Gasteiger partial charge in [-0.05, 0) is 44.2 Å². The number of hydrogen-bond acceptors (Lipinski definition) is 7. The van der Waals surface area contributed by atoms with Gasteiger partial charge < -0.3 is 10.1 Å². The lowest BCUT2D eigenvalue weighted by Crippen LogP contribution is -2.33. The molecule has 9 nitrogen and oxygen atoms in total. The average molecular weight is 461 g/mol. The van der Waals surface area contributed by atoms with Gasteiger partial charge in [-0.1, -0.05) is 23.7 Å². The second-order valence-corrected chi connectivity index (χ2v) is 8.69. The van der Waals surface area contributed by atoms with Crippen molar-refractivity contribution in [3.05, 3.63) is 58.6 Å². The van der Waals surface area contributed by atoms with Crippen molar-refractivity contribution in [3.8, 4) is 6.07 Å². The third kappa shape index (κ3) is 4.84. The minimum absolute atomic E-state index is 0.0318. The second kappa shape index (κ2) is 8.75. The molecule has 2 N–H and O–H groups in total. The van der Waals surface area contributed by atoms with Crippen LogP contribution >= 0.6 is 11.6 Å². The van der Waals surface area contributed by atoms with Crippen LogP contribution in [0.5, 0.6) is 0 Å². The number of hydrogen-bond donors (Lipinski definition) is 2. The van der Waals surface area contributed by atoms with E-state index in [4.69, 9.17) is 21.6 Å². The summed E-state index contributed by atoms with van der Waals surface area (Å²) in [6.07, 6.45) is -1.16. The molecular formula is C20H17ClN4O5S. The molecular weight excluding hydrogens is 444 g/mol. The maximum Gasteiger partial charge on any atom is 0.331 e. The van der Waals surface area contributed by atoms with Crippen molar-refractivity contribution in [2.75, 3.05) is 5.32 Å². The number of rotatable bonds is 5. The van der Waals surface area contributed by atoms with Crippen molar-refractivity contribution in [1.29, 1.82) is 5.26 Å². The van der Waals surface area contributed by atoms with Crippen LogP contribution in [-0.2, 0) is 24.3 Å². The van der Waals surface area contributed by atoms with E-state index in [0.29, 0.717) is 11.3 Å². The fourth-order valence-electron chi connectivity index (χ4n) is 2.73. The molecule has 1 aliphatic heterocycles. The normalized spacial score (nSPS) is 17.0. The van der Waals surface area contributed by atoms with Gasteiger partial charge in [0.15, 0.2) is 6.10 Å². The minimum atomic E-state index is -3.73. The zero-order chi connectivity index (χ0) is 22.8. The summed E-state index contributed by atoms with van der Waals surface area (Å²) < 4.78 is 31.7. The molecule has 2 aromatic carbocycles. The number of nitrogens with zero attached hydrogens (tertiary/aromatic N) is 2. The molecule has 11 heteroatoms. The molecule has 0 aliphatic carbocycles. The molecule has 0 bridgehead atoms. The summed E-state index contributed by atoms with van der Waals surface area (Å²) in [6, 6.07) is 11.4. The number of fused-ring (bicyclic) bond motifs is 1. The Labute approximate surface area is 183 Å². The van der Waals surface area contributed by atoms with Crippen molar-refractivity contribution in [2.24, 2.45) is 4.99 Å². The molecule has 1 unspecified atom stereocenters. The van der Waals surface area contributed by atoms with E-state index < -0.39 is 34.0 Å². The Morgan fingerprint density at radius 3 is 2.61 bits per heavy atom. The highest BCUT2D eigenvalue weighted by Crippen LogP contribution is 2.23. The number of ether oxygens (including phenoxy) is 1. The monoisotopic (exact) mass is 460 g/mol. The molecule has 160 valence electrons. The summed E-state index contributed by atoms with van der Waals surface area (Å²) in [5.41, 5.74) is 0.948. The first-order valence-corrected chi connectivity index (χ1v) is 10.9. The van der Waals surface area contributed by atoms with E-state index in [-0.39, 0.29) is 21.3 Å². The van der Waals surface area contributed by atoms with Crippen LogP contribution in [0.2, 0.25) is 5.02 Å². The summed E-state index contributed by atoms with van der Waals surface area (Å²) in [7, 11) is -3.73. The highest BCUT2D eigenvalue weighted by Gasteiger charge is 2.31. The Kier molecular flexibility index (Phi) is 6.29. The summed E-state index contributed by atoms with van der Waals surface area (Å²) in [5.74, 6) is -1.39. The van der Waals surface area contributed by atoms with E-state index in [9.17, 15) is 18.0 Å². The molecule has 3 rings (SSSR count). The molecule has 2 aromatic rings. The second-order valence-electron chi connectivity index (χ2n) is 6.63. The van der Waals surface area contributed by atoms with Crippen LogP contribution in [0, 0.1) is 11.3 Å². The molecule has 1 amide bonds. The molecule has 31 heavy (non-hydrogen) atoms. The SMILES string of the molecule is CC(OC(=O)[C@H](C)N=C1NS(=O)(=O)c2ccccc21)C(=O)Nc1ccc(C#N)c(Cl)c1. The van der Waals surface area contributed by atoms with Gasteiger partial charge in [0.1, 0.15) is 17.9 Å². The van der Waals surface area contributed by atoms with Crippen LogP contribution in [0.15, 0.2) is 52.4 Å². The molecule has 0 radical (unpaired) electrons. The first-order valence-electron chi connectivity index (χ1n) is 9.03. The number of amidine groups is 1. The van der Waals surface area contributed by atoms with Gasteiger partial charge in [-0.3, -0.25) is 14.5 Å². The van der Waals surface area contributed by atoms with Gasteiger partial charge in [-0.2, -0.15) is 5.26 Å². The topological polar surface area (TPSA) is 138 Å². The van der Waals surface area contributed by atoms with Crippen LogP contribution in [0.3, 0.4) is 0 Å². The molecule has 2 atom stereocenters. The zero-order valence-electron chi connectivity index (χ0n) is 16.4. The van der Waals surface area contributed by atoms with Crippen LogP contribution in [0.1, 0.15) is 25.0 Å². The van der Waals surface area contributed by atoms with Crippen LogP contribution in [0.25, 0.3) is 0 Å². The number of aliphatic imine (C=N–C) groups is 1. The van der Waals surface area contributed by atoms with E-state index in [1.807, 2.05) is 6.07 Å². The number of amides is 1. The maximum absolute atomic E-state index is 12.4. The standard InChI is InChI=1S/C20H17ClN4O5S/c1-11(23-18-15-5-3-4-6-17(15)31(28,29)25-18)20(27)30-12(2)19(26)24-14-8-7-13(10-22)16(21)9-14/h3-9,11-12H,1-2H3,(H,23,25)(H,24,26)/t11-,12?/m0/s1. The molecule has 0 spiro atoms. The van der Waals surface area contributed by atoms with Crippen LogP contribution < -0.4 is 10.0 Å².